The molecule has 5 heteroatoms. The van der Waals surface area contributed by atoms with Crippen LogP contribution in [-0.2, 0) is 16.5 Å². The summed E-state index contributed by atoms with van der Waals surface area (Å²) >= 11 is -0.472. The molecule has 0 heterocycles. The van der Waals surface area contributed by atoms with E-state index < -0.39 is 16.5 Å². The van der Waals surface area contributed by atoms with Gasteiger partial charge in [-0.3, -0.25) is 0 Å². The second-order valence-corrected chi connectivity index (χ2v) is 4.19. The molecule has 0 aromatic heterocycles. The van der Waals surface area contributed by atoms with Crippen molar-refractivity contribution in [3.05, 3.63) is 0 Å². The summed E-state index contributed by atoms with van der Waals surface area (Å²) in [4.78, 5) is 0. The number of rotatable bonds is 0. The van der Waals surface area contributed by atoms with Crippen LogP contribution >= 0.6 is 18.8 Å². The van der Waals surface area contributed by atoms with Crippen molar-refractivity contribution in [2.75, 3.05) is 0 Å². The van der Waals surface area contributed by atoms with Gasteiger partial charge in [-0.2, -0.15) is 0 Å². The van der Waals surface area contributed by atoms with Crippen LogP contribution in [0.25, 0.3) is 0 Å². The molecule has 0 fully saturated rings. The van der Waals surface area contributed by atoms with Crippen molar-refractivity contribution in [2.24, 2.45) is 11.5 Å². The van der Waals surface area contributed by atoms with Gasteiger partial charge in [-0.25, -0.2) is 0 Å². The molecule has 0 radical (unpaired) electrons. The molecule has 0 rings (SSSR count). The summed E-state index contributed by atoms with van der Waals surface area (Å²) in [6.45, 7) is 1.72. The van der Waals surface area contributed by atoms with E-state index >= 15 is 0 Å². The Morgan fingerprint density at radius 2 is 1.43 bits per heavy atom. The first-order chi connectivity index (χ1) is 3.15. The van der Waals surface area contributed by atoms with E-state index in [4.69, 9.17) is 30.3 Å². The fourth-order valence-corrected chi connectivity index (χ4v) is 0. The second kappa shape index (κ2) is 10.2. The standard InChI is InChI=1S/C2H8N2.2ClH.Pt/c1-2(3)4;;;/h2H,3-4H2,1H3;2*1H;/q;;;+2/p-2. The Bertz CT molecular complexity index is 24.9. The third-order valence-electron chi connectivity index (χ3n) is 0. The summed E-state index contributed by atoms with van der Waals surface area (Å²) in [5.41, 5.74) is 9.78. The predicted molar refractivity (Wildman–Crippen MR) is 29.5 cm³/mol. The van der Waals surface area contributed by atoms with Crippen molar-refractivity contribution in [3.8, 4) is 0 Å². The molecule has 4 N–H and O–H groups in total. The zero-order chi connectivity index (χ0) is 6.28. The van der Waals surface area contributed by atoms with E-state index in [1.807, 2.05) is 0 Å². The van der Waals surface area contributed by atoms with Gasteiger partial charge in [-0.1, -0.05) is 0 Å². The molecule has 0 aliphatic carbocycles. The third-order valence-corrected chi connectivity index (χ3v) is 0. The second-order valence-electron chi connectivity index (χ2n) is 0.904. The van der Waals surface area contributed by atoms with E-state index in [1.54, 1.807) is 6.92 Å². The topological polar surface area (TPSA) is 52.0 Å². The Labute approximate surface area is 59.9 Å². The molecule has 0 aromatic carbocycles. The van der Waals surface area contributed by atoms with E-state index in [1.165, 1.54) is 0 Å². The zero-order valence-corrected chi connectivity index (χ0v) is 7.59. The van der Waals surface area contributed by atoms with Gasteiger partial charge in [-0.15, -0.1) is 0 Å². The Morgan fingerprint density at radius 3 is 1.43 bits per heavy atom. The molecule has 2 nitrogen and oxygen atoms in total. The van der Waals surface area contributed by atoms with E-state index in [9.17, 15) is 0 Å². The summed E-state index contributed by atoms with van der Waals surface area (Å²) in [5.74, 6) is 0. The monoisotopic (exact) mass is 325 g/mol. The molecule has 0 aliphatic heterocycles. The van der Waals surface area contributed by atoms with Crippen LogP contribution in [0.3, 0.4) is 0 Å². The third kappa shape index (κ3) is 137. The average molecular weight is 326 g/mol. The summed E-state index contributed by atoms with van der Waals surface area (Å²) in [6.07, 6.45) is -0.167. The molecule has 0 saturated carbocycles. The van der Waals surface area contributed by atoms with Crippen molar-refractivity contribution >= 4 is 18.8 Å². The van der Waals surface area contributed by atoms with E-state index in [0.29, 0.717) is 0 Å². The van der Waals surface area contributed by atoms with Crippen LogP contribution in [0.1, 0.15) is 6.92 Å². The van der Waals surface area contributed by atoms with Gasteiger partial charge in [0.25, 0.3) is 0 Å². The maximum absolute atomic E-state index is 4.89. The predicted octanol–water partition coefficient (Wildman–Crippen LogP) is 0.626. The Morgan fingerprint density at radius 1 is 1.43 bits per heavy atom. The molecular formula is C2H8Cl2N2Pt. The van der Waals surface area contributed by atoms with Gasteiger partial charge < -0.3 is 11.5 Å². The molecule has 0 amide bonds. The summed E-state index contributed by atoms with van der Waals surface area (Å²) < 4.78 is 0. The maximum atomic E-state index is 4.89. The van der Waals surface area contributed by atoms with Crippen molar-refractivity contribution in [1.29, 1.82) is 0 Å². The molecule has 0 bridgehead atoms. The number of halogens is 2. The van der Waals surface area contributed by atoms with Gasteiger partial charge in [0.05, 0.1) is 0 Å². The fourth-order valence-electron chi connectivity index (χ4n) is 0. The number of hydrogen-bond donors (Lipinski definition) is 2. The molecule has 7 heavy (non-hydrogen) atoms. The zero-order valence-electron chi connectivity index (χ0n) is 3.80. The van der Waals surface area contributed by atoms with Crippen LogP contribution in [0.5, 0.6) is 0 Å². The molecule has 0 aliphatic rings. The van der Waals surface area contributed by atoms with E-state index in [-0.39, 0.29) is 6.17 Å². The van der Waals surface area contributed by atoms with Gasteiger partial charge in [0.1, 0.15) is 0 Å². The first-order valence-electron chi connectivity index (χ1n) is 1.48. The molecular weight excluding hydrogens is 318 g/mol. The van der Waals surface area contributed by atoms with Gasteiger partial charge >= 0.3 is 35.3 Å². The van der Waals surface area contributed by atoms with Gasteiger partial charge in [0, 0.05) is 6.17 Å². The summed E-state index contributed by atoms with van der Waals surface area (Å²) in [5, 5.41) is 0. The van der Waals surface area contributed by atoms with Crippen LogP contribution in [-0.4, -0.2) is 6.17 Å². The molecule has 0 saturated heterocycles. The molecule has 0 aromatic rings. The van der Waals surface area contributed by atoms with Gasteiger partial charge in [-0.05, 0) is 6.92 Å². The molecule has 0 spiro atoms. The molecule has 0 atom stereocenters. The van der Waals surface area contributed by atoms with Crippen molar-refractivity contribution in [1.82, 2.24) is 0 Å². The van der Waals surface area contributed by atoms with Crippen LogP contribution in [0.15, 0.2) is 0 Å². The molecule has 0 unspecified atom stereocenters. The summed E-state index contributed by atoms with van der Waals surface area (Å²) in [6, 6.07) is 0. The van der Waals surface area contributed by atoms with Gasteiger partial charge in [0.2, 0.25) is 0 Å². The van der Waals surface area contributed by atoms with Crippen molar-refractivity contribution in [3.63, 3.8) is 0 Å². The summed E-state index contributed by atoms with van der Waals surface area (Å²) in [7, 11) is 9.75. The SMILES string of the molecule is CC(N)N.[Cl][Pt][Cl]. The van der Waals surface area contributed by atoms with Gasteiger partial charge in [0.15, 0.2) is 0 Å². The minimum atomic E-state index is -0.472. The average Bonchev–Trinajstić information content (AvgIpc) is 1.33. The Balaban J connectivity index is 0. The Hall–Kier alpha value is 1.19. The molecule has 50 valence electrons. The number of hydrogen-bond acceptors (Lipinski definition) is 2. The Kier molecular flexibility index (Phi) is 16.1. The van der Waals surface area contributed by atoms with Crippen LogP contribution in [0.4, 0.5) is 0 Å². The first kappa shape index (κ1) is 11.0. The van der Waals surface area contributed by atoms with E-state index in [2.05, 4.69) is 0 Å². The normalized spacial score (nSPS) is 8.29. The fraction of sp³-hybridized carbons (Fsp3) is 1.00. The van der Waals surface area contributed by atoms with Crippen LogP contribution < -0.4 is 11.5 Å². The van der Waals surface area contributed by atoms with Crippen LogP contribution in [0.2, 0.25) is 0 Å². The quantitative estimate of drug-likeness (QED) is 0.642. The van der Waals surface area contributed by atoms with E-state index in [0.717, 1.165) is 0 Å². The minimum absolute atomic E-state index is 0.167. The first-order valence-corrected chi connectivity index (χ1v) is 7.11. The van der Waals surface area contributed by atoms with Crippen LogP contribution in [0, 0.1) is 0 Å². The van der Waals surface area contributed by atoms with Crippen molar-refractivity contribution in [2.45, 2.75) is 13.1 Å². The number of nitrogens with two attached hydrogens (primary N) is 2. The van der Waals surface area contributed by atoms with Crippen molar-refractivity contribution < 1.29 is 16.5 Å².